The third kappa shape index (κ3) is 3.29. The summed E-state index contributed by atoms with van der Waals surface area (Å²) < 4.78 is 5.13. The first-order valence-electron chi connectivity index (χ1n) is 6.87. The number of ether oxygens (including phenoxy) is 1. The molecule has 2 atom stereocenters. The smallest absolute Gasteiger partial charge is 0.328 e. The highest BCUT2D eigenvalue weighted by Crippen LogP contribution is 2.24. The highest BCUT2D eigenvalue weighted by Gasteiger charge is 2.31. The van der Waals surface area contributed by atoms with Crippen molar-refractivity contribution in [3.05, 3.63) is 23.8 Å². The fourth-order valence-electron chi connectivity index (χ4n) is 2.17. The minimum absolute atomic E-state index is 0.0336. The number of anilines is 2. The molecule has 1 fully saturated rings. The van der Waals surface area contributed by atoms with E-state index in [1.807, 2.05) is 32.0 Å². The Morgan fingerprint density at radius 2 is 2.20 bits per heavy atom. The summed E-state index contributed by atoms with van der Waals surface area (Å²) in [6.07, 6.45) is 1.04. The number of benzene rings is 1. The van der Waals surface area contributed by atoms with Crippen LogP contribution in [0, 0.1) is 6.92 Å². The minimum Gasteiger partial charge on any atom is -0.461 e. The van der Waals surface area contributed by atoms with Gasteiger partial charge in [-0.1, -0.05) is 13.0 Å². The lowest BCUT2D eigenvalue weighted by Crippen LogP contribution is -2.24. The number of hydrogen-bond acceptors (Lipinski definition) is 4. The van der Waals surface area contributed by atoms with Gasteiger partial charge in [0.15, 0.2) is 0 Å². The lowest BCUT2D eigenvalue weighted by Gasteiger charge is -2.14. The number of aryl methyl sites for hydroxylation is 1. The summed E-state index contributed by atoms with van der Waals surface area (Å²) in [5.41, 5.74) is 2.59. The fraction of sp³-hybridized carbons (Fsp3) is 0.467. The van der Waals surface area contributed by atoms with Crippen molar-refractivity contribution in [2.45, 2.75) is 45.8 Å². The van der Waals surface area contributed by atoms with Gasteiger partial charge in [-0.2, -0.15) is 0 Å². The summed E-state index contributed by atoms with van der Waals surface area (Å²) in [5, 5.41) is 6.00. The highest BCUT2D eigenvalue weighted by atomic mass is 16.6. The van der Waals surface area contributed by atoms with E-state index in [4.69, 9.17) is 4.74 Å². The molecule has 5 nitrogen and oxygen atoms in total. The van der Waals surface area contributed by atoms with Crippen LogP contribution in [-0.2, 0) is 14.3 Å². The predicted molar refractivity (Wildman–Crippen MR) is 77.7 cm³/mol. The maximum atomic E-state index is 11.7. The number of cyclic esters (lactones) is 1. The Kier molecular flexibility index (Phi) is 4.27. The number of carbonyl (C=O) groups excluding carboxylic acids is 2. The fourth-order valence-corrected chi connectivity index (χ4v) is 2.17. The Balaban J connectivity index is 2.12. The molecule has 0 radical (unpaired) electrons. The second-order valence-electron chi connectivity index (χ2n) is 5.11. The highest BCUT2D eigenvalue weighted by molar-refractivity contribution is 5.91. The van der Waals surface area contributed by atoms with Gasteiger partial charge >= 0.3 is 5.97 Å². The van der Waals surface area contributed by atoms with Crippen LogP contribution in [0.2, 0.25) is 0 Å². The van der Waals surface area contributed by atoms with Crippen molar-refractivity contribution < 1.29 is 14.3 Å². The van der Waals surface area contributed by atoms with Crippen molar-refractivity contribution in [3.8, 4) is 0 Å². The molecule has 1 aromatic carbocycles. The van der Waals surface area contributed by atoms with Crippen molar-refractivity contribution in [1.82, 2.24) is 0 Å². The molecule has 1 aromatic rings. The summed E-state index contributed by atoms with van der Waals surface area (Å²) >= 11 is 0. The maximum Gasteiger partial charge on any atom is 0.328 e. The largest absolute Gasteiger partial charge is 0.461 e. The quantitative estimate of drug-likeness (QED) is 0.829. The molecular formula is C15H20N2O3. The number of nitrogens with one attached hydrogen (secondary N) is 2. The molecule has 108 valence electrons. The summed E-state index contributed by atoms with van der Waals surface area (Å²) in [6, 6.07) is 5.29. The van der Waals surface area contributed by atoms with E-state index >= 15 is 0 Å². The number of esters is 1. The van der Waals surface area contributed by atoms with Gasteiger partial charge in [-0.25, -0.2) is 4.79 Å². The molecule has 1 aliphatic rings. The molecule has 5 heteroatoms. The zero-order valence-corrected chi connectivity index (χ0v) is 12.0. The van der Waals surface area contributed by atoms with E-state index < -0.39 is 0 Å². The summed E-state index contributed by atoms with van der Waals surface area (Å²) in [7, 11) is 0. The van der Waals surface area contributed by atoms with E-state index in [1.54, 1.807) is 6.92 Å². The third-order valence-corrected chi connectivity index (χ3v) is 3.34. The lowest BCUT2D eigenvalue weighted by molar-refractivity contribution is -0.141. The van der Waals surface area contributed by atoms with Gasteiger partial charge in [-0.3, -0.25) is 4.79 Å². The number of hydrogen-bond donors (Lipinski definition) is 2. The number of amides is 1. The van der Waals surface area contributed by atoms with E-state index in [-0.39, 0.29) is 24.0 Å². The van der Waals surface area contributed by atoms with Crippen LogP contribution in [0.15, 0.2) is 18.2 Å². The SMILES string of the molecule is CCC(=O)Nc1ccc(C)c(N[C@H]2C[C@@H](C)OC2=O)c1. The molecule has 1 saturated heterocycles. The van der Waals surface area contributed by atoms with E-state index in [0.29, 0.717) is 12.8 Å². The molecule has 2 N–H and O–H groups in total. The average molecular weight is 276 g/mol. The first-order chi connectivity index (χ1) is 9.49. The molecule has 0 spiro atoms. The summed E-state index contributed by atoms with van der Waals surface area (Å²) in [4.78, 5) is 23.1. The summed E-state index contributed by atoms with van der Waals surface area (Å²) in [6.45, 7) is 5.64. The van der Waals surface area contributed by atoms with Crippen LogP contribution in [-0.4, -0.2) is 24.0 Å². The van der Waals surface area contributed by atoms with Crippen molar-refractivity contribution in [3.63, 3.8) is 0 Å². The molecule has 0 unspecified atom stereocenters. The predicted octanol–water partition coefficient (Wildman–Crippen LogP) is 2.46. The molecular weight excluding hydrogens is 256 g/mol. The van der Waals surface area contributed by atoms with Gasteiger partial charge in [-0.05, 0) is 31.5 Å². The Morgan fingerprint density at radius 3 is 2.80 bits per heavy atom. The second kappa shape index (κ2) is 5.94. The third-order valence-electron chi connectivity index (χ3n) is 3.34. The van der Waals surface area contributed by atoms with Gasteiger partial charge < -0.3 is 15.4 Å². The van der Waals surface area contributed by atoms with Crippen molar-refractivity contribution in [2.24, 2.45) is 0 Å². The van der Waals surface area contributed by atoms with Gasteiger partial charge in [-0.15, -0.1) is 0 Å². The van der Waals surface area contributed by atoms with Gasteiger partial charge in [0.25, 0.3) is 0 Å². The van der Waals surface area contributed by atoms with E-state index in [9.17, 15) is 9.59 Å². The van der Waals surface area contributed by atoms with Crippen LogP contribution >= 0.6 is 0 Å². The van der Waals surface area contributed by atoms with Crippen molar-refractivity contribution >= 4 is 23.3 Å². The average Bonchev–Trinajstić information content (AvgIpc) is 2.71. The summed E-state index contributed by atoms with van der Waals surface area (Å²) in [5.74, 6) is -0.256. The zero-order valence-electron chi connectivity index (χ0n) is 12.0. The molecule has 2 rings (SSSR count). The Bertz CT molecular complexity index is 528. The number of carbonyl (C=O) groups is 2. The Hall–Kier alpha value is -2.04. The van der Waals surface area contributed by atoms with Gasteiger partial charge in [0.2, 0.25) is 5.91 Å². The molecule has 0 aliphatic carbocycles. The van der Waals surface area contributed by atoms with E-state index in [1.165, 1.54) is 0 Å². The van der Waals surface area contributed by atoms with Crippen LogP contribution < -0.4 is 10.6 Å². The monoisotopic (exact) mass is 276 g/mol. The van der Waals surface area contributed by atoms with Gasteiger partial charge in [0.1, 0.15) is 12.1 Å². The molecule has 1 amide bonds. The van der Waals surface area contributed by atoms with Crippen LogP contribution in [0.5, 0.6) is 0 Å². The van der Waals surface area contributed by atoms with E-state index in [0.717, 1.165) is 16.9 Å². The molecule has 1 aliphatic heterocycles. The molecule has 0 saturated carbocycles. The van der Waals surface area contributed by atoms with Crippen LogP contribution in [0.25, 0.3) is 0 Å². The van der Waals surface area contributed by atoms with Crippen LogP contribution in [0.1, 0.15) is 32.3 Å². The normalized spacial score (nSPS) is 21.4. The van der Waals surface area contributed by atoms with Crippen LogP contribution in [0.4, 0.5) is 11.4 Å². The van der Waals surface area contributed by atoms with Crippen molar-refractivity contribution in [1.29, 1.82) is 0 Å². The maximum absolute atomic E-state index is 11.7. The second-order valence-corrected chi connectivity index (χ2v) is 5.11. The Morgan fingerprint density at radius 1 is 1.45 bits per heavy atom. The van der Waals surface area contributed by atoms with Gasteiger partial charge in [0, 0.05) is 24.2 Å². The van der Waals surface area contributed by atoms with Crippen molar-refractivity contribution in [2.75, 3.05) is 10.6 Å². The van der Waals surface area contributed by atoms with Crippen LogP contribution in [0.3, 0.4) is 0 Å². The number of rotatable bonds is 4. The Labute approximate surface area is 118 Å². The standard InChI is InChI=1S/C15H20N2O3/c1-4-14(18)16-11-6-5-9(2)12(8-11)17-13-7-10(3)20-15(13)19/h5-6,8,10,13,17H,4,7H2,1-3H3,(H,16,18)/t10-,13+/m1/s1. The molecule has 20 heavy (non-hydrogen) atoms. The lowest BCUT2D eigenvalue weighted by atomic mass is 10.1. The zero-order chi connectivity index (χ0) is 14.7. The molecule has 1 heterocycles. The first-order valence-corrected chi connectivity index (χ1v) is 6.87. The van der Waals surface area contributed by atoms with Gasteiger partial charge in [0.05, 0.1) is 0 Å². The topological polar surface area (TPSA) is 67.4 Å². The van der Waals surface area contributed by atoms with E-state index in [2.05, 4.69) is 10.6 Å². The molecule has 0 aromatic heterocycles. The molecule has 0 bridgehead atoms. The first kappa shape index (κ1) is 14.4. The minimum atomic E-state index is -0.319.